The number of aromatic nitrogens is 2. The molecule has 0 fully saturated rings. The lowest BCUT2D eigenvalue weighted by atomic mass is 10.2. The third-order valence-electron chi connectivity index (χ3n) is 2.87. The summed E-state index contributed by atoms with van der Waals surface area (Å²) in [4.78, 5) is 8.71. The summed E-state index contributed by atoms with van der Waals surface area (Å²) < 4.78 is 6.69. The first-order valence-electron chi connectivity index (χ1n) is 6.67. The van der Waals surface area contributed by atoms with E-state index in [-0.39, 0.29) is 0 Å². The van der Waals surface area contributed by atoms with Crippen molar-refractivity contribution in [3.8, 4) is 17.6 Å². The van der Waals surface area contributed by atoms with Crippen LogP contribution in [0.4, 0.5) is 10.9 Å². The van der Waals surface area contributed by atoms with Crippen LogP contribution in [0.15, 0.2) is 46.4 Å². The van der Waals surface area contributed by atoms with Crippen LogP contribution < -0.4 is 10.1 Å². The first kappa shape index (κ1) is 15.5. The van der Waals surface area contributed by atoms with E-state index < -0.39 is 0 Å². The lowest BCUT2D eigenvalue weighted by Gasteiger charge is -2.11. The van der Waals surface area contributed by atoms with Crippen LogP contribution in [-0.2, 0) is 0 Å². The van der Waals surface area contributed by atoms with E-state index in [1.807, 2.05) is 18.4 Å². The molecule has 0 saturated heterocycles. The van der Waals surface area contributed by atoms with Crippen LogP contribution in [0.1, 0.15) is 11.3 Å². The van der Waals surface area contributed by atoms with Gasteiger partial charge in [-0.3, -0.25) is 0 Å². The molecule has 0 aliphatic heterocycles. The van der Waals surface area contributed by atoms with Gasteiger partial charge in [0.15, 0.2) is 16.7 Å². The molecule has 2 aromatic heterocycles. The second-order valence-electron chi connectivity index (χ2n) is 4.66. The van der Waals surface area contributed by atoms with Gasteiger partial charge in [0.25, 0.3) is 0 Å². The summed E-state index contributed by atoms with van der Waals surface area (Å²) in [6.45, 7) is 1.94. The third kappa shape index (κ3) is 3.86. The van der Waals surface area contributed by atoms with Gasteiger partial charge in [-0.05, 0) is 47.1 Å². The second kappa shape index (κ2) is 6.77. The van der Waals surface area contributed by atoms with Gasteiger partial charge < -0.3 is 10.1 Å². The van der Waals surface area contributed by atoms with Crippen LogP contribution >= 0.6 is 27.3 Å². The van der Waals surface area contributed by atoms with E-state index >= 15 is 0 Å². The quantitative estimate of drug-likeness (QED) is 0.681. The van der Waals surface area contributed by atoms with Crippen LogP contribution in [0, 0.1) is 18.3 Å². The molecule has 0 atom stereocenters. The molecule has 3 aromatic rings. The average Bonchev–Trinajstić information content (AvgIpc) is 2.96. The van der Waals surface area contributed by atoms with Crippen LogP contribution in [0.2, 0.25) is 0 Å². The molecule has 0 aliphatic carbocycles. The summed E-state index contributed by atoms with van der Waals surface area (Å²) in [5.41, 5.74) is 1.53. The molecule has 23 heavy (non-hydrogen) atoms. The number of benzene rings is 1. The number of nitrogens with one attached hydrogen (secondary N) is 1. The highest BCUT2D eigenvalue weighted by molar-refractivity contribution is 9.10. The molecule has 0 unspecified atom stereocenters. The zero-order valence-corrected chi connectivity index (χ0v) is 14.5. The van der Waals surface area contributed by atoms with Crippen molar-refractivity contribution in [3.05, 3.63) is 57.6 Å². The Morgan fingerprint density at radius 1 is 1.30 bits per heavy atom. The number of thiazole rings is 1. The maximum Gasteiger partial charge on any atom is 0.188 e. The second-order valence-corrected chi connectivity index (χ2v) is 6.43. The fraction of sp³-hybridized carbons (Fsp3) is 0.0625. The summed E-state index contributed by atoms with van der Waals surface area (Å²) in [7, 11) is 0. The van der Waals surface area contributed by atoms with Crippen molar-refractivity contribution in [2.75, 3.05) is 5.32 Å². The van der Waals surface area contributed by atoms with Gasteiger partial charge in [0.05, 0.1) is 17.3 Å². The molecule has 7 heteroatoms. The highest BCUT2D eigenvalue weighted by Crippen LogP contribution is 2.33. The number of pyridine rings is 1. The molecule has 2 heterocycles. The molecule has 0 bridgehead atoms. The predicted molar refractivity (Wildman–Crippen MR) is 93.3 cm³/mol. The standard InChI is InChI=1S/C16H11BrN4OS/c1-10-9-23-16(20-10)21-15-14(6-12(17)8-19-15)22-13-4-2-11(7-18)3-5-13/h2-6,8-9H,1H3,(H,19,20,21). The van der Waals surface area contributed by atoms with Crippen molar-refractivity contribution < 1.29 is 4.74 Å². The summed E-state index contributed by atoms with van der Waals surface area (Å²) >= 11 is 4.90. The van der Waals surface area contributed by atoms with Crippen molar-refractivity contribution in [1.29, 1.82) is 5.26 Å². The molecular formula is C16H11BrN4OS. The normalized spacial score (nSPS) is 10.1. The topological polar surface area (TPSA) is 70.8 Å². The van der Waals surface area contributed by atoms with Gasteiger partial charge in [0, 0.05) is 22.1 Å². The number of nitrogens with zero attached hydrogens (tertiary/aromatic N) is 3. The van der Waals surface area contributed by atoms with Crippen LogP contribution in [0.25, 0.3) is 0 Å². The van der Waals surface area contributed by atoms with Crippen molar-refractivity contribution in [1.82, 2.24) is 9.97 Å². The lowest BCUT2D eigenvalue weighted by molar-refractivity contribution is 0.482. The molecular weight excluding hydrogens is 376 g/mol. The number of hydrogen-bond donors (Lipinski definition) is 1. The van der Waals surface area contributed by atoms with E-state index in [9.17, 15) is 0 Å². The third-order valence-corrected chi connectivity index (χ3v) is 4.18. The lowest BCUT2D eigenvalue weighted by Crippen LogP contribution is -1.97. The highest BCUT2D eigenvalue weighted by atomic mass is 79.9. The number of hydrogen-bond acceptors (Lipinski definition) is 6. The summed E-state index contributed by atoms with van der Waals surface area (Å²) in [5.74, 6) is 1.77. The van der Waals surface area contributed by atoms with Gasteiger partial charge in [-0.2, -0.15) is 5.26 Å². The molecule has 0 spiro atoms. The van der Waals surface area contributed by atoms with E-state index in [1.165, 1.54) is 11.3 Å². The van der Waals surface area contributed by atoms with Gasteiger partial charge in [-0.15, -0.1) is 11.3 Å². The number of anilines is 2. The van der Waals surface area contributed by atoms with Gasteiger partial charge in [0.2, 0.25) is 0 Å². The van der Waals surface area contributed by atoms with Gasteiger partial charge in [0.1, 0.15) is 5.75 Å². The molecule has 3 rings (SSSR count). The van der Waals surface area contributed by atoms with Crippen LogP contribution in [0.5, 0.6) is 11.5 Å². The van der Waals surface area contributed by atoms with Crippen molar-refractivity contribution >= 4 is 38.2 Å². The minimum absolute atomic E-state index is 0.567. The Balaban J connectivity index is 1.87. The predicted octanol–water partition coefficient (Wildman–Crippen LogP) is 5.02. The number of ether oxygens (including phenoxy) is 1. The van der Waals surface area contributed by atoms with Crippen molar-refractivity contribution in [3.63, 3.8) is 0 Å². The fourth-order valence-corrected chi connectivity index (χ4v) is 2.83. The zero-order valence-electron chi connectivity index (χ0n) is 12.1. The maximum absolute atomic E-state index is 8.84. The van der Waals surface area contributed by atoms with E-state index in [4.69, 9.17) is 10.00 Å². The van der Waals surface area contributed by atoms with Crippen molar-refractivity contribution in [2.24, 2.45) is 0 Å². The van der Waals surface area contributed by atoms with Gasteiger partial charge in [-0.1, -0.05) is 0 Å². The number of aryl methyl sites for hydroxylation is 1. The SMILES string of the molecule is Cc1csc(Nc2ncc(Br)cc2Oc2ccc(C#N)cc2)n1. The minimum atomic E-state index is 0.567. The monoisotopic (exact) mass is 386 g/mol. The summed E-state index contributed by atoms with van der Waals surface area (Å²) in [6, 6.07) is 10.8. The van der Waals surface area contributed by atoms with Gasteiger partial charge in [-0.25, -0.2) is 9.97 Å². The Hall–Kier alpha value is -2.43. The number of rotatable bonds is 4. The summed E-state index contributed by atoms with van der Waals surface area (Å²) in [5, 5.41) is 14.7. The number of nitriles is 1. The largest absolute Gasteiger partial charge is 0.453 e. The van der Waals surface area contributed by atoms with Gasteiger partial charge >= 0.3 is 0 Å². The smallest absolute Gasteiger partial charge is 0.188 e. The average molecular weight is 387 g/mol. The van der Waals surface area contributed by atoms with E-state index in [2.05, 4.69) is 37.3 Å². The molecule has 1 N–H and O–H groups in total. The van der Waals surface area contributed by atoms with E-state index in [1.54, 1.807) is 30.5 Å². The molecule has 114 valence electrons. The minimum Gasteiger partial charge on any atom is -0.453 e. The Bertz CT molecular complexity index is 871. The summed E-state index contributed by atoms with van der Waals surface area (Å²) in [6.07, 6.45) is 1.69. The molecule has 1 aromatic carbocycles. The molecule has 0 amide bonds. The Labute approximate surface area is 145 Å². The van der Waals surface area contributed by atoms with E-state index in [0.717, 1.165) is 15.3 Å². The Morgan fingerprint density at radius 2 is 2.09 bits per heavy atom. The molecule has 0 radical (unpaired) electrons. The zero-order chi connectivity index (χ0) is 16.2. The van der Waals surface area contributed by atoms with Crippen LogP contribution in [0.3, 0.4) is 0 Å². The highest BCUT2D eigenvalue weighted by Gasteiger charge is 2.10. The first-order valence-corrected chi connectivity index (χ1v) is 8.34. The molecule has 0 aliphatic rings. The fourth-order valence-electron chi connectivity index (χ4n) is 1.83. The Morgan fingerprint density at radius 3 is 2.74 bits per heavy atom. The van der Waals surface area contributed by atoms with Crippen molar-refractivity contribution in [2.45, 2.75) is 6.92 Å². The molecule has 5 nitrogen and oxygen atoms in total. The maximum atomic E-state index is 8.84. The number of halogens is 1. The first-order chi connectivity index (χ1) is 11.1. The van der Waals surface area contributed by atoms with E-state index in [0.29, 0.717) is 22.9 Å². The molecule has 0 saturated carbocycles. The Kier molecular flexibility index (Phi) is 4.55. The van der Waals surface area contributed by atoms with Crippen LogP contribution in [-0.4, -0.2) is 9.97 Å².